The molecular weight excluding hydrogens is 444 g/mol. The Kier molecular flexibility index (Phi) is 6.92. The molecule has 3 N–H and O–H groups in total. The highest BCUT2D eigenvalue weighted by atomic mass is 19.2. The molecule has 1 aliphatic heterocycles. The predicted octanol–water partition coefficient (Wildman–Crippen LogP) is 3.54. The van der Waals surface area contributed by atoms with Crippen LogP contribution in [-0.2, 0) is 10.3 Å². The minimum absolute atomic E-state index is 0.00986. The lowest BCUT2D eigenvalue weighted by Crippen LogP contribution is -2.53. The van der Waals surface area contributed by atoms with Gasteiger partial charge in [0.2, 0.25) is 0 Å². The molecule has 0 saturated heterocycles. The number of amidine groups is 1. The molecule has 1 aromatic heterocycles. The number of nitrogens with one attached hydrogen (secondary N) is 1. The maximum atomic E-state index is 14.9. The van der Waals surface area contributed by atoms with E-state index in [0.717, 1.165) is 6.07 Å². The van der Waals surface area contributed by atoms with Gasteiger partial charge in [-0.1, -0.05) is 0 Å². The van der Waals surface area contributed by atoms with Crippen molar-refractivity contribution in [1.29, 1.82) is 0 Å². The fourth-order valence-electron chi connectivity index (χ4n) is 3.82. The summed E-state index contributed by atoms with van der Waals surface area (Å²) in [6.07, 6.45) is 0.881. The van der Waals surface area contributed by atoms with Crippen LogP contribution in [0.2, 0.25) is 0 Å². The predicted molar refractivity (Wildman–Crippen MR) is 114 cm³/mol. The van der Waals surface area contributed by atoms with E-state index in [0.29, 0.717) is 5.75 Å². The number of methoxy groups -OCH3 is 2. The van der Waals surface area contributed by atoms with E-state index in [9.17, 15) is 22.4 Å². The first-order chi connectivity index (χ1) is 15.6. The molecule has 2 aromatic rings. The SMILES string of the molecule is COC[C@H]1C[C@@](F)(CF)C(N)=N[C@]1(C)c1cc(NC(=O)c2ccc(OC)cn2)cc(F)c1F. The van der Waals surface area contributed by atoms with Crippen LogP contribution < -0.4 is 15.8 Å². The topological polar surface area (TPSA) is 98.8 Å². The fourth-order valence-corrected chi connectivity index (χ4v) is 3.82. The lowest BCUT2D eigenvalue weighted by molar-refractivity contribution is 0.0492. The summed E-state index contributed by atoms with van der Waals surface area (Å²) in [5.41, 5.74) is 1.21. The largest absolute Gasteiger partial charge is 0.495 e. The van der Waals surface area contributed by atoms with E-state index in [1.165, 1.54) is 45.5 Å². The van der Waals surface area contributed by atoms with E-state index in [1.54, 1.807) is 0 Å². The lowest BCUT2D eigenvalue weighted by Gasteiger charge is -2.43. The molecule has 3 rings (SSSR count). The zero-order valence-electron chi connectivity index (χ0n) is 18.3. The third kappa shape index (κ3) is 4.63. The Balaban J connectivity index is 2.02. The number of aliphatic imine (C=N–C) groups is 1. The highest BCUT2D eigenvalue weighted by Gasteiger charge is 2.51. The first kappa shape index (κ1) is 24.4. The summed E-state index contributed by atoms with van der Waals surface area (Å²) in [5.74, 6) is -4.29. The Morgan fingerprint density at radius 3 is 2.61 bits per heavy atom. The number of aromatic nitrogens is 1. The summed E-state index contributed by atoms with van der Waals surface area (Å²) in [5, 5.41) is 2.45. The zero-order valence-corrected chi connectivity index (χ0v) is 18.3. The van der Waals surface area contributed by atoms with Crippen molar-refractivity contribution < 1.29 is 31.8 Å². The van der Waals surface area contributed by atoms with E-state index in [1.807, 2.05) is 0 Å². The Bertz CT molecular complexity index is 1070. The molecule has 0 aliphatic carbocycles. The third-order valence-electron chi connectivity index (χ3n) is 5.79. The van der Waals surface area contributed by atoms with Gasteiger partial charge in [-0.15, -0.1) is 0 Å². The first-order valence-electron chi connectivity index (χ1n) is 9.98. The van der Waals surface area contributed by atoms with Gasteiger partial charge >= 0.3 is 0 Å². The molecule has 1 amide bonds. The number of nitrogens with zero attached hydrogens (tertiary/aromatic N) is 2. The normalized spacial score (nSPS) is 24.8. The lowest BCUT2D eigenvalue weighted by atomic mass is 9.72. The summed E-state index contributed by atoms with van der Waals surface area (Å²) in [6.45, 7) is -0.108. The number of hydrogen-bond donors (Lipinski definition) is 2. The molecule has 1 aliphatic rings. The Hall–Kier alpha value is -3.21. The van der Waals surface area contributed by atoms with E-state index in [-0.39, 0.29) is 23.6 Å². The number of halogens is 4. The quantitative estimate of drug-likeness (QED) is 0.606. The summed E-state index contributed by atoms with van der Waals surface area (Å²) in [7, 11) is 2.78. The van der Waals surface area contributed by atoms with Crippen molar-refractivity contribution in [3.63, 3.8) is 0 Å². The van der Waals surface area contributed by atoms with Crippen LogP contribution in [0, 0.1) is 17.6 Å². The van der Waals surface area contributed by atoms with Crippen molar-refractivity contribution in [3.8, 4) is 5.75 Å². The summed E-state index contributed by atoms with van der Waals surface area (Å²) in [4.78, 5) is 20.5. The van der Waals surface area contributed by atoms with Gasteiger partial charge in [0.25, 0.3) is 5.91 Å². The number of hydrogen-bond acceptors (Lipinski definition) is 6. The molecular formula is C22H24F4N4O3. The summed E-state index contributed by atoms with van der Waals surface area (Å²) in [6, 6.07) is 4.89. The molecule has 2 heterocycles. The summed E-state index contributed by atoms with van der Waals surface area (Å²) >= 11 is 0. The van der Waals surface area contributed by atoms with E-state index < -0.39 is 53.6 Å². The number of pyridine rings is 1. The van der Waals surface area contributed by atoms with Crippen molar-refractivity contribution in [2.45, 2.75) is 24.6 Å². The van der Waals surface area contributed by atoms with E-state index in [2.05, 4.69) is 15.3 Å². The molecule has 1 aromatic carbocycles. The third-order valence-corrected chi connectivity index (χ3v) is 5.79. The van der Waals surface area contributed by atoms with Crippen molar-refractivity contribution in [3.05, 3.63) is 53.4 Å². The minimum atomic E-state index is -2.54. The molecule has 0 fully saturated rings. The molecule has 7 nitrogen and oxygen atoms in total. The number of anilines is 1. The maximum Gasteiger partial charge on any atom is 0.274 e. The van der Waals surface area contributed by atoms with Gasteiger partial charge in [-0.05, 0) is 31.5 Å². The van der Waals surface area contributed by atoms with Crippen LogP contribution in [0.3, 0.4) is 0 Å². The average molecular weight is 468 g/mol. The molecule has 0 unspecified atom stereocenters. The number of carbonyl (C=O) groups is 1. The molecule has 0 bridgehead atoms. The monoisotopic (exact) mass is 468 g/mol. The number of benzene rings is 1. The van der Waals surface area contributed by atoms with Crippen LogP contribution in [0.25, 0.3) is 0 Å². The zero-order chi connectivity index (χ0) is 24.4. The number of amides is 1. The van der Waals surface area contributed by atoms with Gasteiger partial charge in [-0.25, -0.2) is 22.5 Å². The van der Waals surface area contributed by atoms with E-state index in [4.69, 9.17) is 15.2 Å². The second kappa shape index (κ2) is 9.34. The molecule has 3 atom stereocenters. The molecule has 33 heavy (non-hydrogen) atoms. The number of ether oxygens (including phenoxy) is 2. The van der Waals surface area contributed by atoms with Gasteiger partial charge in [0.1, 0.15) is 24.0 Å². The number of alkyl halides is 2. The molecule has 0 radical (unpaired) electrons. The minimum Gasteiger partial charge on any atom is -0.495 e. The van der Waals surface area contributed by atoms with Crippen LogP contribution in [0.1, 0.15) is 29.4 Å². The Morgan fingerprint density at radius 1 is 1.30 bits per heavy atom. The van der Waals surface area contributed by atoms with Crippen molar-refractivity contribution in [2.24, 2.45) is 16.6 Å². The molecule has 11 heteroatoms. The van der Waals surface area contributed by atoms with Crippen LogP contribution in [-0.4, -0.2) is 49.9 Å². The number of nitrogens with two attached hydrogens (primary N) is 1. The highest BCUT2D eigenvalue weighted by molar-refractivity contribution is 6.03. The highest BCUT2D eigenvalue weighted by Crippen LogP contribution is 2.45. The van der Waals surface area contributed by atoms with Gasteiger partial charge in [-0.2, -0.15) is 0 Å². The van der Waals surface area contributed by atoms with Gasteiger partial charge in [0, 0.05) is 30.3 Å². The van der Waals surface area contributed by atoms with Crippen molar-refractivity contribution in [1.82, 2.24) is 4.98 Å². The average Bonchev–Trinajstić information content (AvgIpc) is 2.79. The van der Waals surface area contributed by atoms with Crippen LogP contribution in [0.15, 0.2) is 35.5 Å². The van der Waals surface area contributed by atoms with Crippen LogP contribution >= 0.6 is 0 Å². The first-order valence-corrected chi connectivity index (χ1v) is 9.98. The molecule has 0 spiro atoms. The fraction of sp³-hybridized carbons (Fsp3) is 0.409. The Morgan fingerprint density at radius 2 is 2.03 bits per heavy atom. The van der Waals surface area contributed by atoms with Crippen molar-refractivity contribution >= 4 is 17.4 Å². The standard InChI is InChI=1S/C22H24F4N4O3/c1-21(12(10-32-2)8-22(26,11-23)20(27)30-21)15-6-13(7-16(24)18(15)25)29-19(31)17-5-4-14(33-3)9-28-17/h4-7,9,12H,8,10-11H2,1-3H3,(H2,27,30)(H,29,31)/t12-,21+,22-/m1/s1. The maximum absolute atomic E-state index is 14.9. The van der Waals surface area contributed by atoms with Crippen LogP contribution in [0.4, 0.5) is 23.2 Å². The van der Waals surface area contributed by atoms with Gasteiger partial charge in [-0.3, -0.25) is 9.79 Å². The second-order valence-corrected chi connectivity index (χ2v) is 7.96. The smallest absolute Gasteiger partial charge is 0.274 e. The second-order valence-electron chi connectivity index (χ2n) is 7.96. The van der Waals surface area contributed by atoms with E-state index >= 15 is 0 Å². The number of rotatable bonds is 7. The molecule has 178 valence electrons. The Labute approximate surface area is 188 Å². The summed E-state index contributed by atoms with van der Waals surface area (Å²) < 4.78 is 67.8. The number of carbonyl (C=O) groups excluding carboxylic acids is 1. The van der Waals surface area contributed by atoms with Gasteiger partial charge in [0.15, 0.2) is 17.3 Å². The molecule has 0 saturated carbocycles. The van der Waals surface area contributed by atoms with Gasteiger partial charge < -0.3 is 20.5 Å². The van der Waals surface area contributed by atoms with Crippen molar-refractivity contribution in [2.75, 3.05) is 32.8 Å². The van der Waals surface area contributed by atoms with Crippen LogP contribution in [0.5, 0.6) is 5.75 Å². The van der Waals surface area contributed by atoms with Gasteiger partial charge in [0.05, 0.1) is 25.5 Å².